The molecule has 104 valence electrons. The summed E-state index contributed by atoms with van der Waals surface area (Å²) in [5, 5.41) is 6.05. The van der Waals surface area contributed by atoms with E-state index in [0.29, 0.717) is 17.4 Å². The molecule has 2 fully saturated rings. The van der Waals surface area contributed by atoms with Crippen LogP contribution in [0, 0.1) is 11.3 Å². The average molecular weight is 254 g/mol. The minimum Gasteiger partial charge on any atom is -0.382 e. The molecule has 0 saturated heterocycles. The van der Waals surface area contributed by atoms with Crippen molar-refractivity contribution in [1.29, 1.82) is 0 Å². The summed E-state index contributed by atoms with van der Waals surface area (Å²) in [6.45, 7) is 6.59. The maximum absolute atomic E-state index is 11.7. The Morgan fingerprint density at radius 3 is 2.67 bits per heavy atom. The molecule has 2 aliphatic rings. The number of nitrogens with one attached hydrogen (secondary N) is 2. The highest BCUT2D eigenvalue weighted by atomic mass is 16.5. The second-order valence-electron chi connectivity index (χ2n) is 5.95. The highest BCUT2D eigenvalue weighted by molar-refractivity contribution is 5.74. The van der Waals surface area contributed by atoms with Crippen LogP contribution in [0.3, 0.4) is 0 Å². The van der Waals surface area contributed by atoms with Crippen molar-refractivity contribution in [3.63, 3.8) is 0 Å². The van der Waals surface area contributed by atoms with Gasteiger partial charge in [0.25, 0.3) is 0 Å². The lowest BCUT2D eigenvalue weighted by Crippen LogP contribution is -2.46. The molecule has 0 aliphatic heterocycles. The number of amides is 2. The van der Waals surface area contributed by atoms with Crippen molar-refractivity contribution in [3.05, 3.63) is 0 Å². The van der Waals surface area contributed by atoms with Crippen molar-refractivity contribution >= 4 is 6.03 Å². The zero-order valence-corrected chi connectivity index (χ0v) is 11.6. The standard InChI is InChI=1S/C14H26N2O2/c1-3-18-8-7-14(5-4-6-14)10-15-13(17)16-12-9-11(12)2/h11-12H,3-10H2,1-2H3,(H2,15,16,17). The van der Waals surface area contributed by atoms with Gasteiger partial charge in [0.05, 0.1) is 0 Å². The first kappa shape index (κ1) is 13.7. The number of urea groups is 1. The van der Waals surface area contributed by atoms with E-state index in [0.717, 1.165) is 32.6 Å². The Labute approximate surface area is 110 Å². The third-order valence-electron chi connectivity index (χ3n) is 4.44. The van der Waals surface area contributed by atoms with E-state index in [-0.39, 0.29) is 6.03 Å². The lowest BCUT2D eigenvalue weighted by molar-refractivity contribution is 0.0557. The number of ether oxygens (including phenoxy) is 1. The molecule has 0 spiro atoms. The van der Waals surface area contributed by atoms with Crippen LogP contribution in [0.15, 0.2) is 0 Å². The van der Waals surface area contributed by atoms with Gasteiger partial charge in [-0.2, -0.15) is 0 Å². The predicted molar refractivity (Wildman–Crippen MR) is 71.5 cm³/mol. The lowest BCUT2D eigenvalue weighted by atomic mass is 9.67. The first-order valence-electron chi connectivity index (χ1n) is 7.27. The van der Waals surface area contributed by atoms with Gasteiger partial charge in [-0.25, -0.2) is 4.79 Å². The van der Waals surface area contributed by atoms with E-state index in [4.69, 9.17) is 4.74 Å². The Balaban J connectivity index is 1.64. The Kier molecular flexibility index (Phi) is 4.49. The molecule has 2 saturated carbocycles. The fourth-order valence-electron chi connectivity index (χ4n) is 2.64. The highest BCUT2D eigenvalue weighted by Gasteiger charge is 2.38. The fourth-order valence-corrected chi connectivity index (χ4v) is 2.64. The molecule has 4 nitrogen and oxygen atoms in total. The molecule has 18 heavy (non-hydrogen) atoms. The minimum absolute atomic E-state index is 0.00651. The SMILES string of the molecule is CCOCCC1(CNC(=O)NC2CC2C)CCC1. The topological polar surface area (TPSA) is 50.4 Å². The van der Waals surface area contributed by atoms with Gasteiger partial charge in [0.15, 0.2) is 0 Å². The van der Waals surface area contributed by atoms with Crippen LogP contribution in [-0.4, -0.2) is 31.8 Å². The van der Waals surface area contributed by atoms with Gasteiger partial charge in [-0.1, -0.05) is 13.3 Å². The number of hydrogen-bond acceptors (Lipinski definition) is 2. The van der Waals surface area contributed by atoms with Gasteiger partial charge in [-0.15, -0.1) is 0 Å². The second-order valence-corrected chi connectivity index (χ2v) is 5.95. The zero-order chi connectivity index (χ0) is 13.0. The maximum Gasteiger partial charge on any atom is 0.315 e. The number of hydrogen-bond donors (Lipinski definition) is 2. The van der Waals surface area contributed by atoms with Crippen LogP contribution in [0.2, 0.25) is 0 Å². The molecule has 4 heteroatoms. The first-order chi connectivity index (χ1) is 8.65. The van der Waals surface area contributed by atoms with Gasteiger partial charge in [0.1, 0.15) is 0 Å². The second kappa shape index (κ2) is 5.91. The first-order valence-corrected chi connectivity index (χ1v) is 7.27. The molecule has 0 aromatic heterocycles. The van der Waals surface area contributed by atoms with Gasteiger partial charge < -0.3 is 15.4 Å². The summed E-state index contributed by atoms with van der Waals surface area (Å²) in [7, 11) is 0. The van der Waals surface area contributed by atoms with Gasteiger partial charge in [0.2, 0.25) is 0 Å². The zero-order valence-electron chi connectivity index (χ0n) is 11.6. The molecule has 2 N–H and O–H groups in total. The number of rotatable bonds is 7. The third kappa shape index (κ3) is 3.61. The lowest BCUT2D eigenvalue weighted by Gasteiger charge is -2.42. The summed E-state index contributed by atoms with van der Waals surface area (Å²) < 4.78 is 5.43. The van der Waals surface area contributed by atoms with Crippen LogP contribution in [0.25, 0.3) is 0 Å². The van der Waals surface area contributed by atoms with Crippen molar-refractivity contribution in [2.45, 2.75) is 52.0 Å². The van der Waals surface area contributed by atoms with E-state index < -0.39 is 0 Å². The van der Waals surface area contributed by atoms with Crippen LogP contribution in [0.5, 0.6) is 0 Å². The number of carbonyl (C=O) groups is 1. The highest BCUT2D eigenvalue weighted by Crippen LogP contribution is 2.43. The molecule has 0 bridgehead atoms. The van der Waals surface area contributed by atoms with Gasteiger partial charge in [-0.3, -0.25) is 0 Å². The Morgan fingerprint density at radius 2 is 2.17 bits per heavy atom. The smallest absolute Gasteiger partial charge is 0.315 e. The fraction of sp³-hybridized carbons (Fsp3) is 0.929. The van der Waals surface area contributed by atoms with Crippen LogP contribution in [0.1, 0.15) is 46.0 Å². The molecular formula is C14H26N2O2. The van der Waals surface area contributed by atoms with Crippen molar-refractivity contribution in [1.82, 2.24) is 10.6 Å². The van der Waals surface area contributed by atoms with E-state index in [2.05, 4.69) is 17.6 Å². The molecule has 0 aromatic carbocycles. The summed E-state index contributed by atoms with van der Waals surface area (Å²) in [5.41, 5.74) is 0.307. The van der Waals surface area contributed by atoms with Crippen LogP contribution in [0.4, 0.5) is 4.79 Å². The van der Waals surface area contributed by atoms with E-state index in [1.54, 1.807) is 0 Å². The minimum atomic E-state index is 0.00651. The summed E-state index contributed by atoms with van der Waals surface area (Å²) in [5.74, 6) is 0.659. The van der Waals surface area contributed by atoms with Gasteiger partial charge in [0, 0.05) is 25.8 Å². The molecule has 0 heterocycles. The predicted octanol–water partition coefficient (Wildman–Crippen LogP) is 2.29. The molecular weight excluding hydrogens is 228 g/mol. The molecule has 0 radical (unpaired) electrons. The Hall–Kier alpha value is -0.770. The van der Waals surface area contributed by atoms with Crippen LogP contribution in [-0.2, 0) is 4.74 Å². The van der Waals surface area contributed by atoms with Crippen molar-refractivity contribution in [2.24, 2.45) is 11.3 Å². The number of carbonyl (C=O) groups excluding carboxylic acids is 1. The summed E-state index contributed by atoms with van der Waals surface area (Å²) in [6, 6.07) is 0.415. The van der Waals surface area contributed by atoms with E-state index in [1.807, 2.05) is 6.92 Å². The van der Waals surface area contributed by atoms with Crippen molar-refractivity contribution in [2.75, 3.05) is 19.8 Å². The molecule has 0 aromatic rings. The molecule has 2 unspecified atom stereocenters. The quantitative estimate of drug-likeness (QED) is 0.685. The molecule has 2 amide bonds. The Morgan fingerprint density at radius 1 is 1.44 bits per heavy atom. The summed E-state index contributed by atoms with van der Waals surface area (Å²) in [6.07, 6.45) is 5.93. The average Bonchev–Trinajstić information content (AvgIpc) is 2.97. The summed E-state index contributed by atoms with van der Waals surface area (Å²) in [4.78, 5) is 11.7. The van der Waals surface area contributed by atoms with Crippen molar-refractivity contribution < 1.29 is 9.53 Å². The third-order valence-corrected chi connectivity index (χ3v) is 4.44. The molecule has 2 aliphatic carbocycles. The van der Waals surface area contributed by atoms with E-state index in [9.17, 15) is 4.79 Å². The van der Waals surface area contributed by atoms with E-state index >= 15 is 0 Å². The van der Waals surface area contributed by atoms with E-state index in [1.165, 1.54) is 19.3 Å². The molecule has 2 atom stereocenters. The van der Waals surface area contributed by atoms with Crippen molar-refractivity contribution in [3.8, 4) is 0 Å². The van der Waals surface area contributed by atoms with Gasteiger partial charge in [-0.05, 0) is 43.9 Å². The Bertz CT molecular complexity index is 290. The monoisotopic (exact) mass is 254 g/mol. The van der Waals surface area contributed by atoms with Crippen LogP contribution < -0.4 is 10.6 Å². The molecule has 2 rings (SSSR count). The van der Waals surface area contributed by atoms with Gasteiger partial charge >= 0.3 is 6.03 Å². The maximum atomic E-state index is 11.7. The largest absolute Gasteiger partial charge is 0.382 e. The van der Waals surface area contributed by atoms with Crippen LogP contribution >= 0.6 is 0 Å². The summed E-state index contributed by atoms with van der Waals surface area (Å²) >= 11 is 0. The normalized spacial score (nSPS) is 28.3.